The van der Waals surface area contributed by atoms with Gasteiger partial charge in [0.25, 0.3) is 5.91 Å². The molecule has 1 aromatic rings. The molecule has 2 atom stereocenters. The number of fused-ring (bicyclic) bond motifs is 2. The van der Waals surface area contributed by atoms with Crippen LogP contribution in [0, 0.1) is 0 Å². The van der Waals surface area contributed by atoms with Crippen LogP contribution in [-0.4, -0.2) is 42.6 Å². The zero-order valence-electron chi connectivity index (χ0n) is 14.0. The molecule has 2 aliphatic rings. The Labute approximate surface area is 145 Å². The molecule has 23 heavy (non-hydrogen) atoms. The molecule has 0 saturated carbocycles. The summed E-state index contributed by atoms with van der Waals surface area (Å²) >= 11 is 0. The highest BCUT2D eigenvalue weighted by Gasteiger charge is 2.31. The van der Waals surface area contributed by atoms with Crippen LogP contribution in [-0.2, 0) is 4.79 Å². The number of amides is 1. The minimum atomic E-state index is 0. The summed E-state index contributed by atoms with van der Waals surface area (Å²) in [4.78, 5) is 14.4. The van der Waals surface area contributed by atoms with Gasteiger partial charge in [0, 0.05) is 25.2 Å². The number of likely N-dealkylation sites (tertiary alicyclic amines) is 1. The highest BCUT2D eigenvalue weighted by atomic mass is 35.5. The maximum Gasteiger partial charge on any atom is 0.260 e. The Morgan fingerprint density at radius 3 is 2.87 bits per heavy atom. The molecule has 2 saturated heterocycles. The molecule has 0 spiro atoms. The van der Waals surface area contributed by atoms with E-state index < -0.39 is 0 Å². The zero-order chi connectivity index (χ0) is 15.5. The van der Waals surface area contributed by atoms with Crippen molar-refractivity contribution in [3.05, 3.63) is 29.8 Å². The monoisotopic (exact) mass is 338 g/mol. The summed E-state index contributed by atoms with van der Waals surface area (Å²) in [7, 11) is 0. The fourth-order valence-electron chi connectivity index (χ4n) is 3.37. The summed E-state index contributed by atoms with van der Waals surface area (Å²) in [5, 5.41) is 3.60. The van der Waals surface area contributed by atoms with Crippen molar-refractivity contribution in [3.8, 4) is 5.75 Å². The van der Waals surface area contributed by atoms with E-state index in [1.165, 1.54) is 18.4 Å². The first-order valence-electron chi connectivity index (χ1n) is 8.38. The number of hydrogen-bond donors (Lipinski definition) is 1. The number of nitrogens with zero attached hydrogens (tertiary/aromatic N) is 1. The van der Waals surface area contributed by atoms with Gasteiger partial charge in [-0.3, -0.25) is 4.79 Å². The molecule has 1 N–H and O–H groups in total. The van der Waals surface area contributed by atoms with Gasteiger partial charge in [-0.15, -0.1) is 12.4 Å². The highest BCUT2D eigenvalue weighted by Crippen LogP contribution is 2.22. The van der Waals surface area contributed by atoms with Gasteiger partial charge in [-0.2, -0.15) is 0 Å². The molecule has 3 rings (SSSR count). The predicted molar refractivity (Wildman–Crippen MR) is 94.4 cm³/mol. The van der Waals surface area contributed by atoms with E-state index in [1.807, 2.05) is 23.1 Å². The van der Waals surface area contributed by atoms with Crippen LogP contribution >= 0.6 is 12.4 Å². The topological polar surface area (TPSA) is 41.6 Å². The summed E-state index contributed by atoms with van der Waals surface area (Å²) < 4.78 is 5.72. The molecular formula is C18H27ClN2O2. The van der Waals surface area contributed by atoms with Crippen molar-refractivity contribution in [3.63, 3.8) is 0 Å². The third-order valence-corrected chi connectivity index (χ3v) is 4.76. The Morgan fingerprint density at radius 2 is 2.09 bits per heavy atom. The maximum absolute atomic E-state index is 12.4. The molecule has 0 aliphatic carbocycles. The Bertz CT molecular complexity index is 536. The Kier molecular flexibility index (Phi) is 6.31. The van der Waals surface area contributed by atoms with Gasteiger partial charge in [0.15, 0.2) is 6.61 Å². The summed E-state index contributed by atoms with van der Waals surface area (Å²) in [6, 6.07) is 9.11. The molecule has 5 heteroatoms. The van der Waals surface area contributed by atoms with E-state index in [4.69, 9.17) is 4.74 Å². The first-order valence-corrected chi connectivity index (χ1v) is 8.38. The van der Waals surface area contributed by atoms with Crippen molar-refractivity contribution in [2.75, 3.05) is 19.7 Å². The number of ether oxygens (including phenoxy) is 1. The SMILES string of the molecule is CC(C)c1cccc(OCC(=O)N2CCC3CCC(C2)N3)c1.Cl. The second-order valence-corrected chi connectivity index (χ2v) is 6.78. The van der Waals surface area contributed by atoms with Crippen LogP contribution < -0.4 is 10.1 Å². The summed E-state index contributed by atoms with van der Waals surface area (Å²) in [5.41, 5.74) is 1.24. The fourth-order valence-corrected chi connectivity index (χ4v) is 3.37. The van der Waals surface area contributed by atoms with E-state index in [0.29, 0.717) is 18.0 Å². The van der Waals surface area contributed by atoms with Crippen LogP contribution in [0.1, 0.15) is 44.6 Å². The summed E-state index contributed by atoms with van der Waals surface area (Å²) in [6.45, 7) is 6.12. The van der Waals surface area contributed by atoms with Crippen LogP contribution in [0.4, 0.5) is 0 Å². The number of hydrogen-bond acceptors (Lipinski definition) is 3. The third kappa shape index (κ3) is 4.61. The van der Waals surface area contributed by atoms with Gasteiger partial charge in [-0.25, -0.2) is 0 Å². The van der Waals surface area contributed by atoms with Gasteiger partial charge < -0.3 is 15.0 Å². The second kappa shape index (κ2) is 8.02. The first kappa shape index (κ1) is 18.1. The number of halogens is 1. The van der Waals surface area contributed by atoms with Gasteiger partial charge in [-0.05, 0) is 42.9 Å². The van der Waals surface area contributed by atoms with Crippen molar-refractivity contribution >= 4 is 18.3 Å². The summed E-state index contributed by atoms with van der Waals surface area (Å²) in [5.74, 6) is 1.35. The van der Waals surface area contributed by atoms with Gasteiger partial charge in [-0.1, -0.05) is 26.0 Å². The van der Waals surface area contributed by atoms with E-state index in [1.54, 1.807) is 0 Å². The van der Waals surface area contributed by atoms with Crippen LogP contribution in [0.2, 0.25) is 0 Å². The molecule has 0 radical (unpaired) electrons. The number of benzene rings is 1. The molecule has 2 unspecified atom stereocenters. The van der Waals surface area contributed by atoms with E-state index >= 15 is 0 Å². The molecular weight excluding hydrogens is 312 g/mol. The first-order chi connectivity index (χ1) is 10.6. The molecule has 2 fully saturated rings. The lowest BCUT2D eigenvalue weighted by atomic mass is 10.0. The minimum absolute atomic E-state index is 0. The molecule has 2 bridgehead atoms. The maximum atomic E-state index is 12.4. The average molecular weight is 339 g/mol. The number of carbonyl (C=O) groups excluding carboxylic acids is 1. The fraction of sp³-hybridized carbons (Fsp3) is 0.611. The Balaban J connectivity index is 0.00000192. The molecule has 1 amide bonds. The number of rotatable bonds is 4. The van der Waals surface area contributed by atoms with E-state index in [-0.39, 0.29) is 24.9 Å². The minimum Gasteiger partial charge on any atom is -0.484 e. The zero-order valence-corrected chi connectivity index (χ0v) is 14.8. The largest absolute Gasteiger partial charge is 0.484 e. The standard InChI is InChI=1S/C18H26N2O2.ClH/c1-13(2)14-4-3-5-17(10-14)22-12-18(21)20-9-8-15-6-7-16(11-20)19-15;/h3-5,10,13,15-16,19H,6-9,11-12H2,1-2H3;1H. The van der Waals surface area contributed by atoms with Gasteiger partial charge in [0.2, 0.25) is 0 Å². The molecule has 1 aromatic carbocycles. The van der Waals surface area contributed by atoms with E-state index in [0.717, 1.165) is 25.3 Å². The van der Waals surface area contributed by atoms with Gasteiger partial charge >= 0.3 is 0 Å². The second-order valence-electron chi connectivity index (χ2n) is 6.78. The van der Waals surface area contributed by atoms with Crippen LogP contribution in [0.25, 0.3) is 0 Å². The van der Waals surface area contributed by atoms with Gasteiger partial charge in [0.1, 0.15) is 5.75 Å². The lowest BCUT2D eigenvalue weighted by Crippen LogP contribution is -2.41. The quantitative estimate of drug-likeness (QED) is 0.917. The molecule has 128 valence electrons. The lowest BCUT2D eigenvalue weighted by Gasteiger charge is -2.24. The lowest BCUT2D eigenvalue weighted by molar-refractivity contribution is -0.133. The number of nitrogens with one attached hydrogen (secondary N) is 1. The van der Waals surface area contributed by atoms with Crippen LogP contribution in [0.15, 0.2) is 24.3 Å². The van der Waals surface area contributed by atoms with Crippen LogP contribution in [0.3, 0.4) is 0 Å². The summed E-state index contributed by atoms with van der Waals surface area (Å²) in [6.07, 6.45) is 3.50. The predicted octanol–water partition coefficient (Wildman–Crippen LogP) is 2.96. The normalized spacial score (nSPS) is 23.3. The van der Waals surface area contributed by atoms with E-state index in [2.05, 4.69) is 25.2 Å². The highest BCUT2D eigenvalue weighted by molar-refractivity contribution is 5.85. The van der Waals surface area contributed by atoms with Crippen molar-refractivity contribution in [1.29, 1.82) is 0 Å². The molecule has 4 nitrogen and oxygen atoms in total. The number of carbonyl (C=O) groups is 1. The molecule has 2 heterocycles. The Hall–Kier alpha value is -1.26. The molecule has 0 aromatic heterocycles. The van der Waals surface area contributed by atoms with Crippen molar-refractivity contribution < 1.29 is 9.53 Å². The average Bonchev–Trinajstić information content (AvgIpc) is 2.84. The van der Waals surface area contributed by atoms with Crippen molar-refractivity contribution in [2.45, 2.75) is 51.1 Å². The molecule has 2 aliphatic heterocycles. The Morgan fingerprint density at radius 1 is 1.30 bits per heavy atom. The smallest absolute Gasteiger partial charge is 0.260 e. The van der Waals surface area contributed by atoms with Crippen molar-refractivity contribution in [1.82, 2.24) is 10.2 Å². The van der Waals surface area contributed by atoms with Gasteiger partial charge in [0.05, 0.1) is 0 Å². The van der Waals surface area contributed by atoms with Crippen LogP contribution in [0.5, 0.6) is 5.75 Å². The third-order valence-electron chi connectivity index (χ3n) is 4.76. The van der Waals surface area contributed by atoms with Crippen molar-refractivity contribution in [2.24, 2.45) is 0 Å². The van der Waals surface area contributed by atoms with E-state index in [9.17, 15) is 4.79 Å².